The number of hydrogen-bond donors (Lipinski definition) is 1. The maximum absolute atomic E-state index is 11.2. The molecule has 2 atom stereocenters. The molecule has 0 aliphatic carbocycles. The van der Waals surface area contributed by atoms with Crippen molar-refractivity contribution < 1.29 is 9.53 Å². The second-order valence-electron chi connectivity index (χ2n) is 6.90. The molecule has 2 aromatic rings. The third-order valence-electron chi connectivity index (χ3n) is 4.76. The lowest BCUT2D eigenvalue weighted by Crippen LogP contribution is -2.25. The van der Waals surface area contributed by atoms with Crippen molar-refractivity contribution in [2.24, 2.45) is 0 Å². The quantitative estimate of drug-likeness (QED) is 0.839. The maximum atomic E-state index is 11.2. The van der Waals surface area contributed by atoms with E-state index in [9.17, 15) is 4.79 Å². The summed E-state index contributed by atoms with van der Waals surface area (Å²) in [5, 5.41) is 3.65. The molecule has 2 aromatic carbocycles. The zero-order valence-corrected chi connectivity index (χ0v) is 16.2. The summed E-state index contributed by atoms with van der Waals surface area (Å²) in [4.78, 5) is 13.5. The Labute approximate surface area is 160 Å². The molecule has 0 bridgehead atoms. The van der Waals surface area contributed by atoms with Crippen molar-refractivity contribution >= 4 is 23.2 Å². The molecule has 1 N–H and O–H groups in total. The van der Waals surface area contributed by atoms with Crippen molar-refractivity contribution in [3.63, 3.8) is 0 Å². The Balaban J connectivity index is 1.60. The van der Waals surface area contributed by atoms with E-state index in [1.54, 1.807) is 0 Å². The fourth-order valence-corrected chi connectivity index (χ4v) is 3.55. The molecule has 3 rings (SSSR count). The lowest BCUT2D eigenvalue weighted by molar-refractivity contribution is -0.119. The van der Waals surface area contributed by atoms with Gasteiger partial charge in [-0.25, -0.2) is 0 Å². The standard InChI is InChI=1S/C21H25ClN2O2/c1-14-4-7-18(22)12-21(14)24-11-10-20(13-24)26-19-8-5-17(6-9-19)15(2)23-16(3)25/h4-9,12,15,20H,10-11,13H2,1-3H3,(H,23,25). The summed E-state index contributed by atoms with van der Waals surface area (Å²) in [7, 11) is 0. The molecule has 0 aromatic heterocycles. The summed E-state index contributed by atoms with van der Waals surface area (Å²) in [6, 6.07) is 14.0. The minimum Gasteiger partial charge on any atom is -0.489 e. The Morgan fingerprint density at radius 3 is 2.69 bits per heavy atom. The van der Waals surface area contributed by atoms with Crippen LogP contribution in [0.25, 0.3) is 0 Å². The fraction of sp³-hybridized carbons (Fsp3) is 0.381. The Morgan fingerprint density at radius 2 is 2.00 bits per heavy atom. The molecule has 0 spiro atoms. The van der Waals surface area contributed by atoms with E-state index in [4.69, 9.17) is 16.3 Å². The topological polar surface area (TPSA) is 41.6 Å². The second-order valence-corrected chi connectivity index (χ2v) is 7.33. The number of amides is 1. The Kier molecular flexibility index (Phi) is 5.72. The van der Waals surface area contributed by atoms with Crippen LogP contribution < -0.4 is 15.0 Å². The predicted octanol–water partition coefficient (Wildman–Crippen LogP) is 4.50. The predicted molar refractivity (Wildman–Crippen MR) is 106 cm³/mol. The third-order valence-corrected chi connectivity index (χ3v) is 4.99. The van der Waals surface area contributed by atoms with E-state index in [1.807, 2.05) is 43.3 Å². The van der Waals surface area contributed by atoms with Crippen LogP contribution in [0.1, 0.15) is 37.4 Å². The Morgan fingerprint density at radius 1 is 1.27 bits per heavy atom. The smallest absolute Gasteiger partial charge is 0.217 e. The van der Waals surface area contributed by atoms with Crippen LogP contribution in [-0.4, -0.2) is 25.1 Å². The first-order chi connectivity index (χ1) is 12.4. The summed E-state index contributed by atoms with van der Waals surface area (Å²) in [5.74, 6) is 0.832. The van der Waals surface area contributed by atoms with Gasteiger partial charge in [-0.2, -0.15) is 0 Å². The molecule has 2 unspecified atom stereocenters. The van der Waals surface area contributed by atoms with Gasteiger partial charge in [-0.3, -0.25) is 4.79 Å². The molecule has 1 fully saturated rings. The van der Waals surface area contributed by atoms with E-state index < -0.39 is 0 Å². The number of hydrogen-bond acceptors (Lipinski definition) is 3. The minimum absolute atomic E-state index is 0.00525. The third kappa shape index (κ3) is 4.50. The van der Waals surface area contributed by atoms with E-state index in [0.717, 1.165) is 35.8 Å². The average molecular weight is 373 g/mol. The minimum atomic E-state index is -0.0276. The van der Waals surface area contributed by atoms with Crippen LogP contribution >= 0.6 is 11.6 Å². The van der Waals surface area contributed by atoms with Crippen molar-refractivity contribution in [1.82, 2.24) is 5.32 Å². The summed E-state index contributed by atoms with van der Waals surface area (Å²) in [5.41, 5.74) is 3.48. The molecule has 4 nitrogen and oxygen atoms in total. The van der Waals surface area contributed by atoms with Crippen LogP contribution in [-0.2, 0) is 4.79 Å². The van der Waals surface area contributed by atoms with E-state index in [1.165, 1.54) is 18.2 Å². The number of halogens is 1. The van der Waals surface area contributed by atoms with Gasteiger partial charge in [-0.1, -0.05) is 29.8 Å². The molecule has 138 valence electrons. The van der Waals surface area contributed by atoms with Gasteiger partial charge in [0.2, 0.25) is 5.91 Å². The van der Waals surface area contributed by atoms with E-state index in [-0.39, 0.29) is 18.1 Å². The summed E-state index contributed by atoms with van der Waals surface area (Å²) >= 11 is 6.15. The van der Waals surface area contributed by atoms with Crippen LogP contribution in [0, 0.1) is 6.92 Å². The van der Waals surface area contributed by atoms with Gasteiger partial charge in [0.25, 0.3) is 0 Å². The molecule has 1 aliphatic heterocycles. The highest BCUT2D eigenvalue weighted by molar-refractivity contribution is 6.30. The van der Waals surface area contributed by atoms with Crippen LogP contribution in [0.3, 0.4) is 0 Å². The van der Waals surface area contributed by atoms with Crippen molar-refractivity contribution in [3.05, 3.63) is 58.6 Å². The monoisotopic (exact) mass is 372 g/mol. The molecule has 1 saturated heterocycles. The van der Waals surface area contributed by atoms with Crippen LogP contribution in [0.5, 0.6) is 5.75 Å². The summed E-state index contributed by atoms with van der Waals surface area (Å²) < 4.78 is 6.15. The Bertz CT molecular complexity index is 776. The zero-order valence-electron chi connectivity index (χ0n) is 15.5. The SMILES string of the molecule is CC(=O)NC(C)c1ccc(OC2CCN(c3cc(Cl)ccc3C)C2)cc1. The highest BCUT2D eigenvalue weighted by Gasteiger charge is 2.25. The average Bonchev–Trinajstić information content (AvgIpc) is 3.05. The number of carbonyl (C=O) groups excluding carboxylic acids is 1. The van der Waals surface area contributed by atoms with Gasteiger partial charge in [0.1, 0.15) is 11.9 Å². The van der Waals surface area contributed by atoms with Gasteiger partial charge >= 0.3 is 0 Å². The number of aryl methyl sites for hydroxylation is 1. The van der Waals surface area contributed by atoms with E-state index >= 15 is 0 Å². The van der Waals surface area contributed by atoms with Gasteiger partial charge < -0.3 is 15.0 Å². The molecule has 0 saturated carbocycles. The summed E-state index contributed by atoms with van der Waals surface area (Å²) in [6.45, 7) is 7.42. The lowest BCUT2D eigenvalue weighted by atomic mass is 10.1. The fourth-order valence-electron chi connectivity index (χ4n) is 3.38. The van der Waals surface area contributed by atoms with Crippen molar-refractivity contribution in [1.29, 1.82) is 0 Å². The Hall–Kier alpha value is -2.20. The second kappa shape index (κ2) is 8.00. The molecule has 1 heterocycles. The first kappa shape index (κ1) is 18.6. The maximum Gasteiger partial charge on any atom is 0.217 e. The molecule has 1 amide bonds. The molecule has 0 radical (unpaired) electrons. The molecule has 1 aliphatic rings. The number of nitrogens with zero attached hydrogens (tertiary/aromatic N) is 1. The van der Waals surface area contributed by atoms with Crippen LogP contribution in [0.4, 0.5) is 5.69 Å². The van der Waals surface area contributed by atoms with Gasteiger partial charge in [0.15, 0.2) is 0 Å². The van der Waals surface area contributed by atoms with Crippen LogP contribution in [0.2, 0.25) is 5.02 Å². The number of rotatable bonds is 5. The van der Waals surface area contributed by atoms with Crippen molar-refractivity contribution in [3.8, 4) is 5.75 Å². The summed E-state index contributed by atoms with van der Waals surface area (Å²) in [6.07, 6.45) is 1.14. The number of nitrogens with one attached hydrogen (secondary N) is 1. The van der Waals surface area contributed by atoms with Gasteiger partial charge in [-0.05, 0) is 49.2 Å². The van der Waals surface area contributed by atoms with Gasteiger partial charge in [0.05, 0.1) is 12.6 Å². The van der Waals surface area contributed by atoms with Crippen molar-refractivity contribution in [2.45, 2.75) is 39.3 Å². The number of carbonyl (C=O) groups is 1. The molecule has 26 heavy (non-hydrogen) atoms. The molecular weight excluding hydrogens is 348 g/mol. The molecular formula is C21H25ClN2O2. The number of ether oxygens (including phenoxy) is 1. The van der Waals surface area contributed by atoms with Crippen LogP contribution in [0.15, 0.2) is 42.5 Å². The lowest BCUT2D eigenvalue weighted by Gasteiger charge is -2.21. The highest BCUT2D eigenvalue weighted by Crippen LogP contribution is 2.29. The first-order valence-corrected chi connectivity index (χ1v) is 9.35. The number of benzene rings is 2. The largest absolute Gasteiger partial charge is 0.489 e. The zero-order chi connectivity index (χ0) is 18.7. The number of anilines is 1. The van der Waals surface area contributed by atoms with E-state index in [0.29, 0.717) is 0 Å². The van der Waals surface area contributed by atoms with E-state index in [2.05, 4.69) is 23.2 Å². The molecule has 5 heteroatoms. The van der Waals surface area contributed by atoms with Crippen molar-refractivity contribution in [2.75, 3.05) is 18.0 Å². The van der Waals surface area contributed by atoms with Gasteiger partial charge in [-0.15, -0.1) is 0 Å². The highest BCUT2D eigenvalue weighted by atomic mass is 35.5. The normalized spacial score (nSPS) is 17.8. The van der Waals surface area contributed by atoms with Gasteiger partial charge in [0, 0.05) is 30.6 Å². The first-order valence-electron chi connectivity index (χ1n) is 8.97.